The topological polar surface area (TPSA) is 41.5 Å². The van der Waals surface area contributed by atoms with E-state index in [9.17, 15) is 5.11 Å². The van der Waals surface area contributed by atoms with Gasteiger partial charge in [0.1, 0.15) is 0 Å². The third-order valence-electron chi connectivity index (χ3n) is 2.81. The lowest BCUT2D eigenvalue weighted by Crippen LogP contribution is -2.41. The highest BCUT2D eigenvalue weighted by molar-refractivity contribution is 4.75. The van der Waals surface area contributed by atoms with E-state index >= 15 is 0 Å². The zero-order valence-electron chi connectivity index (χ0n) is 10.3. The maximum Gasteiger partial charge on any atom is 0.0667 e. The molecule has 3 heteroatoms. The van der Waals surface area contributed by atoms with Crippen LogP contribution in [-0.2, 0) is 4.74 Å². The number of hydrogen-bond acceptors (Lipinski definition) is 3. The molecule has 0 amide bonds. The molecule has 0 aromatic rings. The quantitative estimate of drug-likeness (QED) is 0.747. The first-order valence-corrected chi connectivity index (χ1v) is 5.98. The fourth-order valence-corrected chi connectivity index (χ4v) is 1.87. The third kappa shape index (κ3) is 6.13. The molecule has 0 spiro atoms. The molecular weight excluding hydrogens is 190 g/mol. The van der Waals surface area contributed by atoms with E-state index < -0.39 is 0 Å². The van der Waals surface area contributed by atoms with Crippen LogP contribution >= 0.6 is 0 Å². The molecule has 1 fully saturated rings. The maximum atomic E-state index is 9.86. The van der Waals surface area contributed by atoms with E-state index in [4.69, 9.17) is 4.74 Å². The molecular formula is C12H25NO2. The molecule has 1 rings (SSSR count). The largest absolute Gasteiger partial charge is 0.392 e. The van der Waals surface area contributed by atoms with E-state index in [2.05, 4.69) is 26.1 Å². The van der Waals surface area contributed by atoms with Crippen molar-refractivity contribution in [2.45, 2.75) is 51.7 Å². The number of aliphatic hydroxyl groups is 1. The zero-order chi connectivity index (χ0) is 11.3. The smallest absolute Gasteiger partial charge is 0.0667 e. The minimum absolute atomic E-state index is 0.0939. The van der Waals surface area contributed by atoms with Gasteiger partial charge >= 0.3 is 0 Å². The zero-order valence-corrected chi connectivity index (χ0v) is 10.3. The number of ether oxygens (including phenoxy) is 1. The van der Waals surface area contributed by atoms with Crippen LogP contribution < -0.4 is 5.32 Å². The van der Waals surface area contributed by atoms with Gasteiger partial charge in [0.25, 0.3) is 0 Å². The first-order valence-electron chi connectivity index (χ1n) is 5.98. The first-order chi connectivity index (χ1) is 6.97. The molecule has 1 aliphatic rings. The lowest BCUT2D eigenvalue weighted by atomic mass is 9.93. The number of hydrogen-bond donors (Lipinski definition) is 2. The molecule has 0 aliphatic carbocycles. The summed E-state index contributed by atoms with van der Waals surface area (Å²) < 4.78 is 5.30. The highest BCUT2D eigenvalue weighted by atomic mass is 16.5. The summed E-state index contributed by atoms with van der Waals surface area (Å²) in [4.78, 5) is 0. The van der Waals surface area contributed by atoms with Crippen LogP contribution in [-0.4, -0.2) is 36.5 Å². The van der Waals surface area contributed by atoms with Crippen molar-refractivity contribution >= 4 is 0 Å². The lowest BCUT2D eigenvalue weighted by Gasteiger charge is -2.27. The third-order valence-corrected chi connectivity index (χ3v) is 2.81. The van der Waals surface area contributed by atoms with Crippen molar-refractivity contribution < 1.29 is 9.84 Å². The summed E-state index contributed by atoms with van der Waals surface area (Å²) in [7, 11) is 0. The molecule has 1 unspecified atom stereocenters. The van der Waals surface area contributed by atoms with Crippen LogP contribution in [0.5, 0.6) is 0 Å². The Labute approximate surface area is 93.2 Å². The van der Waals surface area contributed by atoms with E-state index in [1.165, 1.54) is 0 Å². The molecule has 1 saturated heterocycles. The van der Waals surface area contributed by atoms with Gasteiger partial charge in [-0.25, -0.2) is 0 Å². The second-order valence-electron chi connectivity index (χ2n) is 5.58. The number of nitrogens with one attached hydrogen (secondary N) is 1. The van der Waals surface area contributed by atoms with Gasteiger partial charge in [0.2, 0.25) is 0 Å². The van der Waals surface area contributed by atoms with Gasteiger partial charge in [0, 0.05) is 25.3 Å². The van der Waals surface area contributed by atoms with Crippen molar-refractivity contribution in [1.82, 2.24) is 5.32 Å². The van der Waals surface area contributed by atoms with Crippen LogP contribution in [0, 0.1) is 5.92 Å². The second-order valence-corrected chi connectivity index (χ2v) is 5.58. The average molecular weight is 215 g/mol. The predicted molar refractivity (Wildman–Crippen MR) is 61.9 cm³/mol. The van der Waals surface area contributed by atoms with E-state index in [1.807, 2.05) is 0 Å². The van der Waals surface area contributed by atoms with E-state index in [0.29, 0.717) is 12.5 Å². The van der Waals surface area contributed by atoms with Crippen molar-refractivity contribution in [2.24, 2.45) is 5.92 Å². The predicted octanol–water partition coefficient (Wildman–Crippen LogP) is 1.55. The minimum Gasteiger partial charge on any atom is -0.392 e. The summed E-state index contributed by atoms with van der Waals surface area (Å²) in [5.74, 6) is 0.649. The summed E-state index contributed by atoms with van der Waals surface area (Å²) in [6.45, 7) is 8.78. The van der Waals surface area contributed by atoms with E-state index in [1.54, 1.807) is 0 Å². The van der Waals surface area contributed by atoms with Crippen molar-refractivity contribution in [3.8, 4) is 0 Å². The van der Waals surface area contributed by atoms with Crippen LogP contribution in [0.25, 0.3) is 0 Å². The molecule has 0 aromatic heterocycles. The Morgan fingerprint density at radius 2 is 1.93 bits per heavy atom. The lowest BCUT2D eigenvalue weighted by molar-refractivity contribution is 0.0426. The Kier molecular flexibility index (Phi) is 5.03. The highest BCUT2D eigenvalue weighted by Gasteiger charge is 2.19. The van der Waals surface area contributed by atoms with Crippen LogP contribution in [0.15, 0.2) is 0 Å². The van der Waals surface area contributed by atoms with Gasteiger partial charge in [-0.1, -0.05) is 0 Å². The molecule has 0 saturated carbocycles. The van der Waals surface area contributed by atoms with Crippen molar-refractivity contribution in [3.05, 3.63) is 0 Å². The summed E-state index contributed by atoms with van der Waals surface area (Å²) in [6, 6.07) is 0. The summed E-state index contributed by atoms with van der Waals surface area (Å²) in [5.41, 5.74) is 0.0939. The Morgan fingerprint density at radius 3 is 2.47 bits per heavy atom. The Balaban J connectivity index is 2.14. The van der Waals surface area contributed by atoms with Crippen LogP contribution in [0.3, 0.4) is 0 Å². The van der Waals surface area contributed by atoms with Crippen LogP contribution in [0.4, 0.5) is 0 Å². The Bertz CT molecular complexity index is 171. The van der Waals surface area contributed by atoms with Gasteiger partial charge in [-0.3, -0.25) is 0 Å². The molecule has 15 heavy (non-hydrogen) atoms. The number of rotatable bonds is 4. The minimum atomic E-state index is -0.215. The van der Waals surface area contributed by atoms with E-state index in [-0.39, 0.29) is 11.6 Å². The molecule has 90 valence electrons. The fourth-order valence-electron chi connectivity index (χ4n) is 1.87. The molecule has 2 N–H and O–H groups in total. The van der Waals surface area contributed by atoms with Crippen molar-refractivity contribution in [3.63, 3.8) is 0 Å². The Morgan fingerprint density at radius 1 is 1.33 bits per heavy atom. The molecule has 1 aliphatic heterocycles. The molecule has 0 radical (unpaired) electrons. The van der Waals surface area contributed by atoms with Gasteiger partial charge in [-0.05, 0) is 46.0 Å². The summed E-state index contributed by atoms with van der Waals surface area (Å²) in [5, 5.41) is 13.2. The molecule has 1 heterocycles. The maximum absolute atomic E-state index is 9.86. The normalized spacial score (nSPS) is 21.6. The second kappa shape index (κ2) is 5.83. The monoisotopic (exact) mass is 215 g/mol. The summed E-state index contributed by atoms with van der Waals surface area (Å²) >= 11 is 0. The van der Waals surface area contributed by atoms with Crippen molar-refractivity contribution in [1.29, 1.82) is 0 Å². The molecule has 0 aromatic carbocycles. The van der Waals surface area contributed by atoms with E-state index in [0.717, 1.165) is 32.5 Å². The van der Waals surface area contributed by atoms with Gasteiger partial charge in [-0.2, -0.15) is 0 Å². The number of β-amino-alcohol motifs (C(OH)–C–C–N with tert-alkyl or cyclic N) is 1. The Hall–Kier alpha value is -0.120. The summed E-state index contributed by atoms with van der Waals surface area (Å²) in [6.07, 6.45) is 2.90. The SMILES string of the molecule is CC(C)(C)NCC(O)CC1CCOCC1. The van der Waals surface area contributed by atoms with Gasteiger partial charge in [0.15, 0.2) is 0 Å². The fraction of sp³-hybridized carbons (Fsp3) is 1.00. The van der Waals surface area contributed by atoms with Crippen LogP contribution in [0.1, 0.15) is 40.0 Å². The van der Waals surface area contributed by atoms with Crippen molar-refractivity contribution in [2.75, 3.05) is 19.8 Å². The molecule has 0 bridgehead atoms. The highest BCUT2D eigenvalue weighted by Crippen LogP contribution is 2.20. The van der Waals surface area contributed by atoms with Gasteiger partial charge in [-0.15, -0.1) is 0 Å². The standard InChI is InChI=1S/C12H25NO2/c1-12(2,3)13-9-11(14)8-10-4-6-15-7-5-10/h10-11,13-14H,4-9H2,1-3H3. The van der Waals surface area contributed by atoms with Crippen LogP contribution in [0.2, 0.25) is 0 Å². The molecule has 1 atom stereocenters. The van der Waals surface area contributed by atoms with Gasteiger partial charge in [0.05, 0.1) is 6.10 Å². The average Bonchev–Trinajstić information content (AvgIpc) is 2.15. The molecule has 3 nitrogen and oxygen atoms in total. The first kappa shape index (κ1) is 12.9. The van der Waals surface area contributed by atoms with Gasteiger partial charge < -0.3 is 15.2 Å². The number of aliphatic hydroxyl groups excluding tert-OH is 1.